The molecule has 2 heterocycles. The molecule has 1 aromatic carbocycles. The van der Waals surface area contributed by atoms with Crippen LogP contribution in [-0.4, -0.2) is 20.5 Å². The third-order valence-electron chi connectivity index (χ3n) is 3.04. The molecule has 0 aliphatic carbocycles. The Morgan fingerprint density at radius 1 is 1.29 bits per heavy atom. The Morgan fingerprint density at radius 2 is 2.10 bits per heavy atom. The number of hydrogen-bond acceptors (Lipinski definition) is 3. The fourth-order valence-electron chi connectivity index (χ4n) is 1.98. The zero-order valence-electron chi connectivity index (χ0n) is 10.9. The second-order valence-electron chi connectivity index (χ2n) is 4.42. The minimum Gasteiger partial charge on any atom is -0.486 e. The van der Waals surface area contributed by atoms with Crippen LogP contribution in [0.3, 0.4) is 0 Å². The summed E-state index contributed by atoms with van der Waals surface area (Å²) in [5, 5.41) is 9.56. The Labute approximate surface area is 125 Å². The number of halogens is 1. The van der Waals surface area contributed by atoms with Gasteiger partial charge in [-0.05, 0) is 24.3 Å². The number of carboxylic acids is 1. The van der Waals surface area contributed by atoms with Crippen LogP contribution in [-0.2, 0) is 6.61 Å². The molecule has 0 aliphatic heterocycles. The van der Waals surface area contributed by atoms with Gasteiger partial charge in [0.05, 0.1) is 22.5 Å². The molecule has 21 heavy (non-hydrogen) atoms. The fourth-order valence-corrected chi connectivity index (χ4v) is 2.17. The number of rotatable bonds is 4. The molecule has 2 aromatic heterocycles. The highest BCUT2D eigenvalue weighted by Gasteiger charge is 2.09. The Morgan fingerprint density at radius 3 is 2.86 bits per heavy atom. The van der Waals surface area contributed by atoms with Crippen molar-refractivity contribution in [3.05, 3.63) is 65.1 Å². The molecule has 0 aliphatic rings. The van der Waals surface area contributed by atoms with E-state index in [1.165, 1.54) is 12.3 Å². The smallest absolute Gasteiger partial charge is 0.337 e. The molecule has 3 aromatic rings. The zero-order chi connectivity index (χ0) is 14.8. The van der Waals surface area contributed by atoms with E-state index in [1.807, 2.05) is 12.1 Å². The number of ether oxygens (including phenoxy) is 1. The van der Waals surface area contributed by atoms with Crippen molar-refractivity contribution in [2.45, 2.75) is 6.61 Å². The van der Waals surface area contributed by atoms with Crippen LogP contribution >= 0.6 is 11.6 Å². The van der Waals surface area contributed by atoms with E-state index in [0.29, 0.717) is 16.4 Å². The van der Waals surface area contributed by atoms with Crippen molar-refractivity contribution in [3.8, 4) is 5.75 Å². The highest BCUT2D eigenvalue weighted by atomic mass is 35.5. The second-order valence-corrected chi connectivity index (χ2v) is 4.83. The molecule has 0 fully saturated rings. The van der Waals surface area contributed by atoms with Gasteiger partial charge < -0.3 is 9.84 Å². The predicted octanol–water partition coefficient (Wildman–Crippen LogP) is 3.26. The molecule has 0 atom stereocenters. The summed E-state index contributed by atoms with van der Waals surface area (Å²) in [7, 11) is 0. The molecule has 1 N–H and O–H groups in total. The molecule has 6 heteroatoms. The van der Waals surface area contributed by atoms with Gasteiger partial charge in [-0.2, -0.15) is 0 Å². The lowest BCUT2D eigenvalue weighted by molar-refractivity contribution is 0.0696. The molecular weight excluding hydrogens is 292 g/mol. The van der Waals surface area contributed by atoms with Gasteiger partial charge in [0.2, 0.25) is 0 Å². The molecule has 0 unspecified atom stereocenters. The van der Waals surface area contributed by atoms with Crippen LogP contribution in [0.5, 0.6) is 5.75 Å². The van der Waals surface area contributed by atoms with E-state index in [-0.39, 0.29) is 12.2 Å². The van der Waals surface area contributed by atoms with Crippen LogP contribution in [0.2, 0.25) is 5.02 Å². The van der Waals surface area contributed by atoms with E-state index in [2.05, 4.69) is 4.98 Å². The standard InChI is InChI=1S/C15H11ClN2O3/c16-12-3-1-2-4-13(12)21-9-11-7-17-14-6-5-10(15(19)20)8-18(11)14/h1-8H,9H2,(H,19,20). The molecule has 0 radical (unpaired) electrons. The first-order valence-corrected chi connectivity index (χ1v) is 6.59. The van der Waals surface area contributed by atoms with E-state index in [0.717, 1.165) is 5.69 Å². The highest BCUT2D eigenvalue weighted by molar-refractivity contribution is 6.32. The van der Waals surface area contributed by atoms with Crippen molar-refractivity contribution < 1.29 is 14.6 Å². The number of carbonyl (C=O) groups is 1. The summed E-state index contributed by atoms with van der Waals surface area (Å²) in [4.78, 5) is 15.2. The van der Waals surface area contributed by atoms with Gasteiger partial charge >= 0.3 is 5.97 Å². The van der Waals surface area contributed by atoms with Crippen molar-refractivity contribution in [1.29, 1.82) is 0 Å². The first-order chi connectivity index (χ1) is 10.1. The number of imidazole rings is 1. The number of carboxylic acid groups (broad SMARTS) is 1. The summed E-state index contributed by atoms with van der Waals surface area (Å²) in [6.07, 6.45) is 3.17. The number of pyridine rings is 1. The maximum Gasteiger partial charge on any atom is 0.337 e. The van der Waals surface area contributed by atoms with Gasteiger partial charge in [-0.1, -0.05) is 23.7 Å². The van der Waals surface area contributed by atoms with E-state index >= 15 is 0 Å². The van der Waals surface area contributed by atoms with Crippen molar-refractivity contribution in [2.75, 3.05) is 0 Å². The monoisotopic (exact) mass is 302 g/mol. The summed E-state index contributed by atoms with van der Waals surface area (Å²) in [5.41, 5.74) is 1.60. The number of fused-ring (bicyclic) bond motifs is 1. The molecule has 0 bridgehead atoms. The molecular formula is C15H11ClN2O3. The van der Waals surface area contributed by atoms with Crippen LogP contribution in [0.25, 0.3) is 5.65 Å². The van der Waals surface area contributed by atoms with Gasteiger partial charge in [0.25, 0.3) is 0 Å². The summed E-state index contributed by atoms with van der Waals surface area (Å²) in [5.74, 6) is -0.410. The Hall–Kier alpha value is -2.53. The van der Waals surface area contributed by atoms with Crippen LogP contribution < -0.4 is 4.74 Å². The third kappa shape index (κ3) is 2.68. The van der Waals surface area contributed by atoms with Gasteiger partial charge in [0.1, 0.15) is 18.0 Å². The van der Waals surface area contributed by atoms with Crippen molar-refractivity contribution >= 4 is 23.2 Å². The second kappa shape index (κ2) is 5.46. The molecule has 106 valence electrons. The van der Waals surface area contributed by atoms with Crippen molar-refractivity contribution in [1.82, 2.24) is 9.38 Å². The first kappa shape index (κ1) is 13.5. The molecule has 0 saturated heterocycles. The maximum atomic E-state index is 11.0. The quantitative estimate of drug-likeness (QED) is 0.803. The Kier molecular flexibility index (Phi) is 3.50. The molecule has 0 amide bonds. The lowest BCUT2D eigenvalue weighted by Gasteiger charge is -2.07. The summed E-state index contributed by atoms with van der Waals surface area (Å²) < 4.78 is 7.34. The number of hydrogen-bond donors (Lipinski definition) is 1. The summed E-state index contributed by atoms with van der Waals surface area (Å²) in [6.45, 7) is 0.244. The Bertz CT molecular complexity index is 814. The van der Waals surface area contributed by atoms with Gasteiger partial charge in [0.15, 0.2) is 0 Å². The normalized spacial score (nSPS) is 10.7. The van der Waals surface area contributed by atoms with Gasteiger partial charge in [0, 0.05) is 6.20 Å². The van der Waals surface area contributed by atoms with Crippen molar-refractivity contribution in [2.24, 2.45) is 0 Å². The molecule has 0 saturated carbocycles. The van der Waals surface area contributed by atoms with Crippen LogP contribution in [0.4, 0.5) is 0 Å². The topological polar surface area (TPSA) is 63.8 Å². The largest absolute Gasteiger partial charge is 0.486 e. The number of aromatic nitrogens is 2. The van der Waals surface area contributed by atoms with Crippen LogP contribution in [0, 0.1) is 0 Å². The number of aromatic carboxylic acids is 1. The van der Waals surface area contributed by atoms with E-state index < -0.39 is 5.97 Å². The summed E-state index contributed by atoms with van der Waals surface area (Å²) >= 11 is 6.02. The molecule has 0 spiro atoms. The average molecular weight is 303 g/mol. The lowest BCUT2D eigenvalue weighted by atomic mass is 10.3. The molecule has 3 rings (SSSR count). The zero-order valence-corrected chi connectivity index (χ0v) is 11.6. The van der Waals surface area contributed by atoms with E-state index in [4.69, 9.17) is 21.4 Å². The maximum absolute atomic E-state index is 11.0. The van der Waals surface area contributed by atoms with Gasteiger partial charge in [-0.25, -0.2) is 9.78 Å². The predicted molar refractivity (Wildman–Crippen MR) is 77.9 cm³/mol. The number of nitrogens with zero attached hydrogens (tertiary/aromatic N) is 2. The first-order valence-electron chi connectivity index (χ1n) is 6.22. The minimum absolute atomic E-state index is 0.194. The minimum atomic E-state index is -0.983. The SMILES string of the molecule is O=C(O)c1ccc2ncc(COc3ccccc3Cl)n2c1. The van der Waals surface area contributed by atoms with Gasteiger partial charge in [-0.3, -0.25) is 4.40 Å². The van der Waals surface area contributed by atoms with E-state index in [9.17, 15) is 4.79 Å². The van der Waals surface area contributed by atoms with Crippen LogP contribution in [0.1, 0.15) is 16.1 Å². The highest BCUT2D eigenvalue weighted by Crippen LogP contribution is 2.24. The summed E-state index contributed by atoms with van der Waals surface area (Å²) in [6, 6.07) is 10.3. The number of benzene rings is 1. The van der Waals surface area contributed by atoms with Crippen LogP contribution in [0.15, 0.2) is 48.8 Å². The fraction of sp³-hybridized carbons (Fsp3) is 0.0667. The number of para-hydroxylation sites is 1. The lowest BCUT2D eigenvalue weighted by Crippen LogP contribution is -2.03. The average Bonchev–Trinajstić information content (AvgIpc) is 2.88. The molecule has 5 nitrogen and oxygen atoms in total. The van der Waals surface area contributed by atoms with Crippen molar-refractivity contribution in [3.63, 3.8) is 0 Å². The Balaban J connectivity index is 1.89. The van der Waals surface area contributed by atoms with E-state index in [1.54, 1.807) is 28.8 Å². The third-order valence-corrected chi connectivity index (χ3v) is 3.35. The van der Waals surface area contributed by atoms with Gasteiger partial charge in [-0.15, -0.1) is 0 Å².